The predicted molar refractivity (Wildman–Crippen MR) is 97.7 cm³/mol. The van der Waals surface area contributed by atoms with Gasteiger partial charge in [0, 0.05) is 29.4 Å². The van der Waals surface area contributed by atoms with Crippen LogP contribution >= 0.6 is 0 Å². The van der Waals surface area contributed by atoms with Gasteiger partial charge in [0.1, 0.15) is 0 Å². The number of aliphatic carboxylic acids is 1. The monoisotopic (exact) mass is 349 g/mol. The summed E-state index contributed by atoms with van der Waals surface area (Å²) in [6.45, 7) is 0. The maximum atomic E-state index is 11.7. The SMILES string of the molecule is NC(=O)c1ccc(-c2cccc(NC(=O)/C=C\C(=O)O)c2)c2cc[nH]c12. The number of primary amides is 1. The minimum absolute atomic E-state index is 0.400. The van der Waals surface area contributed by atoms with Crippen molar-refractivity contribution in [3.8, 4) is 11.1 Å². The van der Waals surface area contributed by atoms with Crippen molar-refractivity contribution in [2.45, 2.75) is 0 Å². The Hall–Kier alpha value is -3.87. The molecule has 130 valence electrons. The van der Waals surface area contributed by atoms with Crippen molar-refractivity contribution in [1.82, 2.24) is 4.98 Å². The third kappa shape index (κ3) is 3.46. The summed E-state index contributed by atoms with van der Waals surface area (Å²) in [5.74, 6) is -2.26. The molecule has 1 aromatic heterocycles. The lowest BCUT2D eigenvalue weighted by Crippen LogP contribution is -2.11. The second-order valence-electron chi connectivity index (χ2n) is 5.53. The van der Waals surface area contributed by atoms with E-state index in [1.54, 1.807) is 36.5 Å². The van der Waals surface area contributed by atoms with E-state index < -0.39 is 17.8 Å². The maximum Gasteiger partial charge on any atom is 0.328 e. The average molecular weight is 349 g/mol. The normalized spacial score (nSPS) is 10.9. The number of benzene rings is 2. The van der Waals surface area contributed by atoms with Gasteiger partial charge in [-0.15, -0.1) is 0 Å². The number of anilines is 1. The molecule has 3 aromatic rings. The van der Waals surface area contributed by atoms with Gasteiger partial charge in [-0.2, -0.15) is 0 Å². The van der Waals surface area contributed by atoms with Crippen LogP contribution in [0.15, 0.2) is 60.8 Å². The van der Waals surface area contributed by atoms with Crippen LogP contribution in [0.5, 0.6) is 0 Å². The van der Waals surface area contributed by atoms with E-state index in [2.05, 4.69) is 10.3 Å². The second-order valence-corrected chi connectivity index (χ2v) is 5.53. The van der Waals surface area contributed by atoms with Gasteiger partial charge in [0.15, 0.2) is 0 Å². The molecule has 0 bridgehead atoms. The van der Waals surface area contributed by atoms with Crippen molar-refractivity contribution < 1.29 is 19.5 Å². The second kappa shape index (κ2) is 6.94. The van der Waals surface area contributed by atoms with Crippen molar-refractivity contribution >= 4 is 34.4 Å². The minimum Gasteiger partial charge on any atom is -0.478 e. The number of aromatic amines is 1. The average Bonchev–Trinajstić information content (AvgIpc) is 3.08. The number of hydrogen-bond donors (Lipinski definition) is 4. The number of hydrogen-bond acceptors (Lipinski definition) is 3. The lowest BCUT2D eigenvalue weighted by molar-refractivity contribution is -0.131. The molecule has 0 spiro atoms. The summed E-state index contributed by atoms with van der Waals surface area (Å²) in [4.78, 5) is 36.8. The van der Waals surface area contributed by atoms with Crippen molar-refractivity contribution in [3.05, 3.63) is 66.4 Å². The molecule has 0 saturated carbocycles. The molecule has 0 fully saturated rings. The Kier molecular flexibility index (Phi) is 4.53. The largest absolute Gasteiger partial charge is 0.478 e. The number of rotatable bonds is 5. The summed E-state index contributed by atoms with van der Waals surface area (Å²) in [6, 6.07) is 12.4. The first-order chi connectivity index (χ1) is 12.5. The number of carboxylic acid groups (broad SMARTS) is 1. The van der Waals surface area contributed by atoms with Crippen LogP contribution in [-0.4, -0.2) is 27.9 Å². The molecule has 0 saturated heterocycles. The van der Waals surface area contributed by atoms with Gasteiger partial charge in [-0.05, 0) is 35.4 Å². The van der Waals surface area contributed by atoms with Gasteiger partial charge in [0.05, 0.1) is 11.1 Å². The van der Waals surface area contributed by atoms with Gasteiger partial charge in [-0.3, -0.25) is 9.59 Å². The molecule has 0 aliphatic rings. The van der Waals surface area contributed by atoms with E-state index in [4.69, 9.17) is 10.8 Å². The van der Waals surface area contributed by atoms with Crippen molar-refractivity contribution in [3.63, 3.8) is 0 Å². The number of carbonyl (C=O) groups is 3. The first kappa shape index (κ1) is 17.0. The highest BCUT2D eigenvalue weighted by Gasteiger charge is 2.12. The molecular weight excluding hydrogens is 334 g/mol. The van der Waals surface area contributed by atoms with E-state index in [1.165, 1.54) is 0 Å². The van der Waals surface area contributed by atoms with Crippen molar-refractivity contribution in [2.75, 3.05) is 5.32 Å². The molecule has 26 heavy (non-hydrogen) atoms. The molecule has 3 rings (SSSR count). The highest BCUT2D eigenvalue weighted by molar-refractivity contribution is 6.09. The summed E-state index contributed by atoms with van der Waals surface area (Å²) in [5.41, 5.74) is 8.66. The molecule has 0 aliphatic heterocycles. The van der Waals surface area contributed by atoms with Crippen LogP contribution < -0.4 is 11.1 Å². The number of H-pyrrole nitrogens is 1. The predicted octanol–water partition coefficient (Wildman–Crippen LogP) is 2.51. The van der Waals surface area contributed by atoms with E-state index in [0.717, 1.165) is 28.7 Å². The first-order valence-electron chi connectivity index (χ1n) is 7.68. The molecule has 5 N–H and O–H groups in total. The lowest BCUT2D eigenvalue weighted by Gasteiger charge is -2.09. The van der Waals surface area contributed by atoms with Gasteiger partial charge < -0.3 is 21.1 Å². The summed E-state index contributed by atoms with van der Waals surface area (Å²) in [7, 11) is 0. The lowest BCUT2D eigenvalue weighted by atomic mass is 9.98. The molecule has 0 radical (unpaired) electrons. The third-order valence-corrected chi connectivity index (χ3v) is 3.81. The topological polar surface area (TPSA) is 125 Å². The van der Waals surface area contributed by atoms with Gasteiger partial charge >= 0.3 is 5.97 Å². The Morgan fingerprint density at radius 3 is 2.62 bits per heavy atom. The Labute approximate surface area is 148 Å². The van der Waals surface area contributed by atoms with E-state index in [1.807, 2.05) is 12.1 Å². The fourth-order valence-corrected chi connectivity index (χ4v) is 2.71. The molecule has 2 aromatic carbocycles. The van der Waals surface area contributed by atoms with Crippen molar-refractivity contribution in [2.24, 2.45) is 5.73 Å². The van der Waals surface area contributed by atoms with E-state index in [0.29, 0.717) is 16.8 Å². The minimum atomic E-state index is -1.20. The number of fused-ring (bicyclic) bond motifs is 1. The van der Waals surface area contributed by atoms with E-state index >= 15 is 0 Å². The van der Waals surface area contributed by atoms with Crippen LogP contribution in [0.25, 0.3) is 22.0 Å². The molecule has 2 amide bonds. The zero-order valence-corrected chi connectivity index (χ0v) is 13.5. The number of nitrogens with two attached hydrogens (primary N) is 1. The number of carbonyl (C=O) groups excluding carboxylic acids is 2. The Morgan fingerprint density at radius 1 is 1.08 bits per heavy atom. The molecule has 0 unspecified atom stereocenters. The molecular formula is C19H15N3O4. The van der Waals surface area contributed by atoms with Crippen LogP contribution in [0, 0.1) is 0 Å². The molecule has 7 heteroatoms. The summed E-state index contributed by atoms with van der Waals surface area (Å²) in [6.07, 6.45) is 3.44. The van der Waals surface area contributed by atoms with Crippen LogP contribution in [-0.2, 0) is 9.59 Å². The highest BCUT2D eigenvalue weighted by atomic mass is 16.4. The summed E-state index contributed by atoms with van der Waals surface area (Å²) < 4.78 is 0. The van der Waals surface area contributed by atoms with Gasteiger partial charge in [-0.1, -0.05) is 18.2 Å². The Bertz CT molecular complexity index is 1050. The summed E-state index contributed by atoms with van der Waals surface area (Å²) in [5, 5.41) is 12.0. The maximum absolute atomic E-state index is 11.7. The van der Waals surface area contributed by atoms with E-state index in [9.17, 15) is 14.4 Å². The number of aromatic nitrogens is 1. The van der Waals surface area contributed by atoms with Gasteiger partial charge in [-0.25, -0.2) is 4.79 Å². The van der Waals surface area contributed by atoms with Crippen LogP contribution in [0.3, 0.4) is 0 Å². The molecule has 0 atom stereocenters. The van der Waals surface area contributed by atoms with Crippen LogP contribution in [0.2, 0.25) is 0 Å². The standard InChI is InChI=1S/C19H15N3O4/c20-19(26)15-5-4-13(14-8-9-21-18(14)15)11-2-1-3-12(10-11)22-16(23)6-7-17(24)25/h1-10,21H,(H2,20,26)(H,22,23)(H,24,25)/b7-6-. The number of amides is 2. The van der Waals surface area contributed by atoms with E-state index in [-0.39, 0.29) is 0 Å². The zero-order chi connectivity index (χ0) is 18.7. The van der Waals surface area contributed by atoms with Gasteiger partial charge in [0.2, 0.25) is 5.91 Å². The summed E-state index contributed by atoms with van der Waals surface area (Å²) >= 11 is 0. The molecule has 1 heterocycles. The number of nitrogens with one attached hydrogen (secondary N) is 2. The third-order valence-electron chi connectivity index (χ3n) is 3.81. The number of carboxylic acids is 1. The highest BCUT2D eigenvalue weighted by Crippen LogP contribution is 2.31. The van der Waals surface area contributed by atoms with Crippen LogP contribution in [0.1, 0.15) is 10.4 Å². The van der Waals surface area contributed by atoms with Crippen molar-refractivity contribution in [1.29, 1.82) is 0 Å². The zero-order valence-electron chi connectivity index (χ0n) is 13.5. The fraction of sp³-hybridized carbons (Fsp3) is 0. The first-order valence-corrected chi connectivity index (χ1v) is 7.68. The smallest absolute Gasteiger partial charge is 0.328 e. The molecule has 7 nitrogen and oxygen atoms in total. The molecule has 0 aliphatic carbocycles. The quantitative estimate of drug-likeness (QED) is 0.528. The Balaban J connectivity index is 1.96. The van der Waals surface area contributed by atoms with Crippen LogP contribution in [0.4, 0.5) is 5.69 Å². The Morgan fingerprint density at radius 2 is 1.88 bits per heavy atom. The fourth-order valence-electron chi connectivity index (χ4n) is 2.71. The van der Waals surface area contributed by atoms with Gasteiger partial charge in [0.25, 0.3) is 5.91 Å².